The van der Waals surface area contributed by atoms with Crippen molar-refractivity contribution in [2.45, 2.75) is 56.9 Å². The van der Waals surface area contributed by atoms with Crippen molar-refractivity contribution in [2.24, 2.45) is 0 Å². The normalized spacial score (nSPS) is 16.6. The highest BCUT2D eigenvalue weighted by atomic mass is 35.5. The lowest BCUT2D eigenvalue weighted by molar-refractivity contribution is 0.194. The van der Waals surface area contributed by atoms with E-state index in [1.165, 1.54) is 49.8 Å². The van der Waals surface area contributed by atoms with E-state index in [2.05, 4.69) is 46.5 Å². The average molecular weight is 561 g/mol. The number of aromatic nitrogens is 2. The lowest BCUT2D eigenvalue weighted by atomic mass is 9.78. The van der Waals surface area contributed by atoms with Crippen molar-refractivity contribution >= 4 is 24.0 Å². The van der Waals surface area contributed by atoms with Crippen LogP contribution in [-0.2, 0) is 12.8 Å². The molecule has 4 nitrogen and oxygen atoms in total. The van der Waals surface area contributed by atoms with Crippen LogP contribution < -0.4 is 5.32 Å². The van der Waals surface area contributed by atoms with Crippen molar-refractivity contribution in [3.63, 3.8) is 0 Å². The molecule has 0 radical (unpaired) electrons. The van der Waals surface area contributed by atoms with Crippen molar-refractivity contribution in [3.05, 3.63) is 107 Å². The fourth-order valence-electron chi connectivity index (χ4n) is 6.12. The maximum atomic E-state index is 14.0. The molecule has 1 saturated carbocycles. The SMILES string of the molecule is CN(CCc1ccc(Nc2ncc3c(n2)-c2ccccc2[C@H](c2ccc(F)c(F)c2)C3)cc1)C1CCCCC1.Cl. The zero-order valence-corrected chi connectivity index (χ0v) is 23.6. The molecule has 1 N–H and O–H groups in total. The topological polar surface area (TPSA) is 41.0 Å². The summed E-state index contributed by atoms with van der Waals surface area (Å²) >= 11 is 0. The predicted octanol–water partition coefficient (Wildman–Crippen LogP) is 8.08. The standard InChI is InChI=1S/C33H34F2N4.ClH/c1-39(26-7-3-2-4-8-26)18-17-22-11-14-25(15-12-22)37-33-36-21-24-19-29(23-13-16-30(34)31(35)20-23)27-9-5-6-10-28(27)32(24)38-33;/h5-6,9-16,20-21,26,29H,2-4,7-8,17-19H2,1H3,(H,36,37,38);1H/t29-;/m0./s1. The van der Waals surface area contributed by atoms with Crippen molar-refractivity contribution in [1.29, 1.82) is 0 Å². The molecule has 4 aromatic rings. The first-order chi connectivity index (χ1) is 19.0. The molecule has 1 fully saturated rings. The molecule has 0 saturated heterocycles. The van der Waals surface area contributed by atoms with Gasteiger partial charge in [0, 0.05) is 36.0 Å². The van der Waals surface area contributed by atoms with E-state index in [-0.39, 0.29) is 18.3 Å². The summed E-state index contributed by atoms with van der Waals surface area (Å²) in [7, 11) is 2.26. The minimum Gasteiger partial charge on any atom is -0.324 e. The number of rotatable bonds is 7. The zero-order chi connectivity index (χ0) is 26.8. The van der Waals surface area contributed by atoms with Crippen LogP contribution in [0, 0.1) is 11.6 Å². The van der Waals surface area contributed by atoms with E-state index in [0.717, 1.165) is 52.6 Å². The van der Waals surface area contributed by atoms with Gasteiger partial charge < -0.3 is 10.2 Å². The van der Waals surface area contributed by atoms with Crippen LogP contribution >= 0.6 is 12.4 Å². The van der Waals surface area contributed by atoms with Gasteiger partial charge in [-0.3, -0.25) is 0 Å². The molecule has 208 valence electrons. The molecule has 40 heavy (non-hydrogen) atoms. The molecule has 2 aliphatic carbocycles. The van der Waals surface area contributed by atoms with Crippen molar-refractivity contribution in [2.75, 3.05) is 18.9 Å². The maximum Gasteiger partial charge on any atom is 0.227 e. The minimum atomic E-state index is -0.831. The Bertz CT molecular complexity index is 1450. The highest BCUT2D eigenvalue weighted by Gasteiger charge is 2.28. The molecule has 0 aliphatic heterocycles. The average Bonchev–Trinajstić information content (AvgIpc) is 2.98. The first kappa shape index (κ1) is 28.2. The molecule has 3 aromatic carbocycles. The first-order valence-corrected chi connectivity index (χ1v) is 14.0. The molecule has 0 spiro atoms. The number of fused-ring (bicyclic) bond motifs is 3. The Morgan fingerprint density at radius 1 is 0.925 bits per heavy atom. The van der Waals surface area contributed by atoms with E-state index in [0.29, 0.717) is 12.4 Å². The van der Waals surface area contributed by atoms with Gasteiger partial charge in [-0.2, -0.15) is 0 Å². The summed E-state index contributed by atoms with van der Waals surface area (Å²) < 4.78 is 27.6. The van der Waals surface area contributed by atoms with Crippen LogP contribution in [0.15, 0.2) is 72.9 Å². The van der Waals surface area contributed by atoms with Gasteiger partial charge in [-0.15, -0.1) is 12.4 Å². The minimum absolute atomic E-state index is 0. The number of likely N-dealkylation sites (N-methyl/N-ethyl adjacent to an activating group) is 1. The van der Waals surface area contributed by atoms with E-state index in [1.807, 2.05) is 30.5 Å². The van der Waals surface area contributed by atoms with Gasteiger partial charge in [0.25, 0.3) is 0 Å². The largest absolute Gasteiger partial charge is 0.324 e. The van der Waals surface area contributed by atoms with Crippen LogP contribution in [0.1, 0.15) is 60.3 Å². The number of anilines is 2. The van der Waals surface area contributed by atoms with Crippen LogP contribution in [0.3, 0.4) is 0 Å². The number of hydrogen-bond acceptors (Lipinski definition) is 4. The van der Waals surface area contributed by atoms with E-state index in [4.69, 9.17) is 4.98 Å². The van der Waals surface area contributed by atoms with Gasteiger partial charge in [-0.05, 0) is 79.3 Å². The van der Waals surface area contributed by atoms with Crippen LogP contribution in [0.5, 0.6) is 0 Å². The highest BCUT2D eigenvalue weighted by molar-refractivity contribution is 5.85. The van der Waals surface area contributed by atoms with Gasteiger partial charge in [-0.1, -0.05) is 61.7 Å². The Morgan fingerprint density at radius 2 is 1.70 bits per heavy atom. The zero-order valence-electron chi connectivity index (χ0n) is 22.7. The molecule has 0 unspecified atom stereocenters. The molecule has 0 amide bonds. The number of nitrogens with one attached hydrogen (secondary N) is 1. The molecule has 1 heterocycles. The summed E-state index contributed by atoms with van der Waals surface area (Å²) in [5, 5.41) is 3.36. The van der Waals surface area contributed by atoms with Crippen molar-refractivity contribution < 1.29 is 8.78 Å². The lowest BCUT2D eigenvalue weighted by Gasteiger charge is -2.31. The number of hydrogen-bond donors (Lipinski definition) is 1. The van der Waals surface area contributed by atoms with Gasteiger partial charge in [-0.25, -0.2) is 18.7 Å². The smallest absolute Gasteiger partial charge is 0.227 e. The van der Waals surface area contributed by atoms with Crippen molar-refractivity contribution in [3.8, 4) is 11.3 Å². The lowest BCUT2D eigenvalue weighted by Crippen LogP contribution is -2.34. The van der Waals surface area contributed by atoms with E-state index < -0.39 is 11.6 Å². The second-order valence-electron chi connectivity index (χ2n) is 10.9. The van der Waals surface area contributed by atoms with Gasteiger partial charge in [0.05, 0.1) is 5.69 Å². The summed E-state index contributed by atoms with van der Waals surface area (Å²) in [6.07, 6.45) is 10.3. The fourth-order valence-corrected chi connectivity index (χ4v) is 6.12. The molecule has 1 atom stereocenters. The molecule has 1 aromatic heterocycles. The maximum absolute atomic E-state index is 14.0. The molecule has 0 bridgehead atoms. The van der Waals surface area contributed by atoms with E-state index in [9.17, 15) is 8.78 Å². The Morgan fingerprint density at radius 3 is 2.48 bits per heavy atom. The monoisotopic (exact) mass is 560 g/mol. The Hall–Kier alpha value is -3.35. The van der Waals surface area contributed by atoms with Crippen molar-refractivity contribution in [1.82, 2.24) is 14.9 Å². The first-order valence-electron chi connectivity index (χ1n) is 14.0. The highest BCUT2D eigenvalue weighted by Crippen LogP contribution is 2.42. The molecule has 2 aliphatic rings. The second kappa shape index (κ2) is 12.4. The summed E-state index contributed by atoms with van der Waals surface area (Å²) in [4.78, 5) is 12.0. The molecular weight excluding hydrogens is 526 g/mol. The van der Waals surface area contributed by atoms with Gasteiger partial charge in [0.2, 0.25) is 5.95 Å². The van der Waals surface area contributed by atoms with Gasteiger partial charge in [0.1, 0.15) is 0 Å². The Kier molecular flexibility index (Phi) is 8.77. The van der Waals surface area contributed by atoms with Gasteiger partial charge in [0.15, 0.2) is 11.6 Å². The third-order valence-electron chi connectivity index (χ3n) is 8.39. The predicted molar refractivity (Wildman–Crippen MR) is 160 cm³/mol. The number of nitrogens with zero attached hydrogens (tertiary/aromatic N) is 3. The fraction of sp³-hybridized carbons (Fsp3) is 0.333. The second-order valence-corrected chi connectivity index (χ2v) is 10.9. The third-order valence-corrected chi connectivity index (χ3v) is 8.39. The summed E-state index contributed by atoms with van der Waals surface area (Å²) in [6, 6.07) is 21.5. The summed E-state index contributed by atoms with van der Waals surface area (Å²) in [5.41, 5.74) is 6.95. The summed E-state index contributed by atoms with van der Waals surface area (Å²) in [5.74, 6) is -1.20. The molecule has 7 heteroatoms. The molecule has 6 rings (SSSR count). The van der Waals surface area contributed by atoms with Gasteiger partial charge >= 0.3 is 0 Å². The Labute approximate surface area is 241 Å². The number of benzene rings is 3. The quantitative estimate of drug-likeness (QED) is 0.248. The number of halogens is 3. The van der Waals surface area contributed by atoms with Crippen LogP contribution in [0.2, 0.25) is 0 Å². The third kappa shape index (κ3) is 6.03. The molecular formula is C33H35ClF2N4. The van der Waals surface area contributed by atoms with Crippen LogP contribution in [-0.4, -0.2) is 34.5 Å². The van der Waals surface area contributed by atoms with E-state index in [1.54, 1.807) is 6.07 Å². The Balaban J connectivity index is 0.00000323. The van der Waals surface area contributed by atoms with Crippen LogP contribution in [0.4, 0.5) is 20.4 Å². The van der Waals surface area contributed by atoms with Crippen LogP contribution in [0.25, 0.3) is 11.3 Å². The summed E-state index contributed by atoms with van der Waals surface area (Å²) in [6.45, 7) is 1.08. The van der Waals surface area contributed by atoms with E-state index >= 15 is 0 Å².